The molecule has 11 heavy (non-hydrogen) atoms. The average molecular weight is 170 g/mol. The van der Waals surface area contributed by atoms with Gasteiger partial charge in [0.25, 0.3) is 0 Å². The molecule has 1 nitrogen and oxygen atoms in total. The fourth-order valence-electron chi connectivity index (χ4n) is 1.50. The highest BCUT2D eigenvalue weighted by Gasteiger charge is 2.19. The molecule has 0 aliphatic heterocycles. The summed E-state index contributed by atoms with van der Waals surface area (Å²) >= 11 is 1.89. The van der Waals surface area contributed by atoms with Crippen molar-refractivity contribution >= 4 is 11.3 Å². The van der Waals surface area contributed by atoms with Crippen LogP contribution < -0.4 is 4.57 Å². The van der Waals surface area contributed by atoms with Crippen molar-refractivity contribution in [3.63, 3.8) is 0 Å². The van der Waals surface area contributed by atoms with Crippen molar-refractivity contribution in [1.29, 1.82) is 0 Å². The van der Waals surface area contributed by atoms with Crippen molar-refractivity contribution in [2.24, 2.45) is 0 Å². The molecule has 0 fully saturated rings. The predicted molar refractivity (Wildman–Crippen MR) is 49.1 cm³/mol. The molecule has 1 heterocycles. The molecule has 2 heteroatoms. The van der Waals surface area contributed by atoms with Crippen LogP contribution in [-0.2, 0) is 0 Å². The Labute approximate surface area is 72.7 Å². The Bertz CT molecular complexity index is 261. The molecule has 0 N–H and O–H groups in total. The van der Waals surface area contributed by atoms with Crippen molar-refractivity contribution in [2.75, 3.05) is 0 Å². The van der Waals surface area contributed by atoms with Gasteiger partial charge in [-0.25, -0.2) is 0 Å². The Morgan fingerprint density at radius 3 is 1.91 bits per heavy atom. The van der Waals surface area contributed by atoms with Crippen molar-refractivity contribution in [1.82, 2.24) is 0 Å². The number of thiazole rings is 1. The molecule has 0 aromatic carbocycles. The van der Waals surface area contributed by atoms with Gasteiger partial charge in [0, 0.05) is 13.8 Å². The second kappa shape index (κ2) is 2.94. The summed E-state index contributed by atoms with van der Waals surface area (Å²) in [6, 6.07) is 0.597. The Kier molecular flexibility index (Phi) is 2.33. The Balaban J connectivity index is 3.22. The minimum Gasteiger partial charge on any atom is -0.188 e. The van der Waals surface area contributed by atoms with Crippen LogP contribution in [0.2, 0.25) is 0 Å². The lowest BCUT2D eigenvalue weighted by molar-refractivity contribution is -0.722. The summed E-state index contributed by atoms with van der Waals surface area (Å²) in [7, 11) is 0. The first-order valence-electron chi connectivity index (χ1n) is 4.02. The lowest BCUT2D eigenvalue weighted by atomic mass is 10.3. The Morgan fingerprint density at radius 2 is 1.73 bits per heavy atom. The van der Waals surface area contributed by atoms with Crippen LogP contribution in [0.3, 0.4) is 0 Å². The summed E-state index contributed by atoms with van der Waals surface area (Å²) in [6.45, 7) is 11.0. The first kappa shape index (κ1) is 8.72. The van der Waals surface area contributed by atoms with Gasteiger partial charge in [0.15, 0.2) is 11.7 Å². The van der Waals surface area contributed by atoms with E-state index in [2.05, 4.69) is 39.2 Å². The van der Waals surface area contributed by atoms with E-state index < -0.39 is 0 Å². The van der Waals surface area contributed by atoms with Gasteiger partial charge in [-0.2, -0.15) is 4.57 Å². The first-order valence-corrected chi connectivity index (χ1v) is 4.83. The zero-order valence-corrected chi connectivity index (χ0v) is 8.75. The molecule has 0 amide bonds. The van der Waals surface area contributed by atoms with Crippen LogP contribution >= 0.6 is 11.3 Å². The molecule has 1 aromatic heterocycles. The quantitative estimate of drug-likeness (QED) is 0.570. The zero-order valence-electron chi connectivity index (χ0n) is 7.93. The van der Waals surface area contributed by atoms with Crippen LogP contribution in [0.25, 0.3) is 0 Å². The lowest BCUT2D eigenvalue weighted by Gasteiger charge is -1.99. The number of rotatable bonds is 1. The number of hydrogen-bond donors (Lipinski definition) is 0. The summed E-state index contributed by atoms with van der Waals surface area (Å²) in [4.78, 5) is 1.44. The SMILES string of the molecule is Cc1sc(C)[n+](C(C)C)c1C. The van der Waals surface area contributed by atoms with Gasteiger partial charge < -0.3 is 0 Å². The first-order chi connectivity index (χ1) is 5.04. The van der Waals surface area contributed by atoms with E-state index in [1.807, 2.05) is 11.3 Å². The molecular formula is C9H16NS+. The lowest BCUT2D eigenvalue weighted by Crippen LogP contribution is -2.39. The second-order valence-electron chi connectivity index (χ2n) is 3.23. The molecule has 0 atom stereocenters. The van der Waals surface area contributed by atoms with Gasteiger partial charge in [-0.1, -0.05) is 11.3 Å². The maximum Gasteiger partial charge on any atom is 0.234 e. The van der Waals surface area contributed by atoms with E-state index in [9.17, 15) is 0 Å². The normalized spacial score (nSPS) is 11.1. The highest BCUT2D eigenvalue weighted by Crippen LogP contribution is 2.15. The molecule has 0 aliphatic carbocycles. The van der Waals surface area contributed by atoms with Crippen molar-refractivity contribution < 1.29 is 4.57 Å². The minimum absolute atomic E-state index is 0.597. The maximum atomic E-state index is 2.39. The van der Waals surface area contributed by atoms with Crippen LogP contribution in [0.5, 0.6) is 0 Å². The molecule has 1 aromatic rings. The highest BCUT2D eigenvalue weighted by atomic mass is 32.1. The monoisotopic (exact) mass is 170 g/mol. The summed E-state index contributed by atoms with van der Waals surface area (Å²) in [5.41, 5.74) is 1.42. The van der Waals surface area contributed by atoms with E-state index in [0.29, 0.717) is 6.04 Å². The number of hydrogen-bond acceptors (Lipinski definition) is 1. The van der Waals surface area contributed by atoms with E-state index in [-0.39, 0.29) is 0 Å². The van der Waals surface area contributed by atoms with Crippen LogP contribution in [0.4, 0.5) is 0 Å². The van der Waals surface area contributed by atoms with E-state index >= 15 is 0 Å². The van der Waals surface area contributed by atoms with E-state index in [1.54, 1.807) is 0 Å². The summed E-state index contributed by atoms with van der Waals surface area (Å²) in [6.07, 6.45) is 0. The third-order valence-electron chi connectivity index (χ3n) is 2.03. The second-order valence-corrected chi connectivity index (χ2v) is 4.63. The standard InChI is InChI=1S/C9H16NS/c1-6(2)10-7(3)8(4)11-9(10)5/h6H,1-5H3/q+1. The van der Waals surface area contributed by atoms with Crippen molar-refractivity contribution in [3.05, 3.63) is 15.6 Å². The van der Waals surface area contributed by atoms with Crippen molar-refractivity contribution in [3.8, 4) is 0 Å². The molecule has 0 radical (unpaired) electrons. The van der Waals surface area contributed by atoms with E-state index in [0.717, 1.165) is 0 Å². The summed E-state index contributed by atoms with van der Waals surface area (Å²) in [5.74, 6) is 0. The number of nitrogens with zero attached hydrogens (tertiary/aromatic N) is 1. The van der Waals surface area contributed by atoms with Crippen LogP contribution in [0.1, 0.15) is 35.5 Å². The van der Waals surface area contributed by atoms with Crippen LogP contribution in [0.15, 0.2) is 0 Å². The summed E-state index contributed by atoms with van der Waals surface area (Å²) < 4.78 is 2.39. The Hall–Kier alpha value is -0.370. The molecule has 62 valence electrons. The Morgan fingerprint density at radius 1 is 1.18 bits per heavy atom. The van der Waals surface area contributed by atoms with Gasteiger partial charge in [-0.15, -0.1) is 0 Å². The molecule has 0 bridgehead atoms. The average Bonchev–Trinajstić information content (AvgIpc) is 2.07. The topological polar surface area (TPSA) is 3.88 Å². The fraction of sp³-hybridized carbons (Fsp3) is 0.667. The zero-order chi connectivity index (χ0) is 8.59. The van der Waals surface area contributed by atoms with E-state index in [4.69, 9.17) is 0 Å². The van der Waals surface area contributed by atoms with E-state index in [1.165, 1.54) is 15.6 Å². The minimum atomic E-state index is 0.597. The molecule has 0 saturated carbocycles. The smallest absolute Gasteiger partial charge is 0.188 e. The maximum absolute atomic E-state index is 2.39. The number of aryl methyl sites for hydroxylation is 2. The van der Waals surface area contributed by atoms with Gasteiger partial charge in [0.1, 0.15) is 0 Å². The molecule has 0 saturated heterocycles. The highest BCUT2D eigenvalue weighted by molar-refractivity contribution is 7.11. The van der Waals surface area contributed by atoms with Gasteiger partial charge in [-0.3, -0.25) is 0 Å². The molecule has 0 spiro atoms. The molecule has 0 unspecified atom stereocenters. The predicted octanol–water partition coefficient (Wildman–Crippen LogP) is 2.54. The molecule has 0 aliphatic rings. The van der Waals surface area contributed by atoms with Gasteiger partial charge in [0.2, 0.25) is 5.01 Å². The van der Waals surface area contributed by atoms with Crippen molar-refractivity contribution in [2.45, 2.75) is 40.7 Å². The van der Waals surface area contributed by atoms with Gasteiger partial charge >= 0.3 is 0 Å². The van der Waals surface area contributed by atoms with Gasteiger partial charge in [0.05, 0.1) is 4.88 Å². The van der Waals surface area contributed by atoms with Crippen LogP contribution in [0, 0.1) is 20.8 Å². The third-order valence-corrected chi connectivity index (χ3v) is 3.12. The molecular weight excluding hydrogens is 154 g/mol. The fourth-order valence-corrected chi connectivity index (χ4v) is 2.64. The summed E-state index contributed by atoms with van der Waals surface area (Å²) in [5, 5.41) is 1.41. The number of aromatic nitrogens is 1. The third kappa shape index (κ3) is 1.45. The van der Waals surface area contributed by atoms with Gasteiger partial charge in [-0.05, 0) is 20.8 Å². The van der Waals surface area contributed by atoms with Crippen LogP contribution in [-0.4, -0.2) is 0 Å². The molecule has 1 rings (SSSR count). The largest absolute Gasteiger partial charge is 0.234 e.